The Morgan fingerprint density at radius 2 is 2.19 bits per heavy atom. The number of nitriles is 1. The maximum Gasteiger partial charge on any atom is 0.0991 e. The normalized spacial score (nSPS) is 19.3. The molecule has 0 spiro atoms. The first-order valence-electron chi connectivity index (χ1n) is 5.83. The second-order valence-electron chi connectivity index (χ2n) is 4.26. The summed E-state index contributed by atoms with van der Waals surface area (Å²) in [6.45, 7) is 3.34. The highest BCUT2D eigenvalue weighted by Crippen LogP contribution is 2.13. The molecule has 0 bridgehead atoms. The summed E-state index contributed by atoms with van der Waals surface area (Å²) in [6.07, 6.45) is 2.52. The van der Waals surface area contributed by atoms with Crippen LogP contribution in [0.3, 0.4) is 0 Å². The second-order valence-corrected chi connectivity index (χ2v) is 4.26. The molecule has 0 aromatic heterocycles. The van der Waals surface area contributed by atoms with Gasteiger partial charge < -0.3 is 10.6 Å². The van der Waals surface area contributed by atoms with Crippen molar-refractivity contribution in [3.63, 3.8) is 0 Å². The zero-order valence-corrected chi connectivity index (χ0v) is 9.37. The Kier molecular flexibility index (Phi) is 3.79. The van der Waals surface area contributed by atoms with Gasteiger partial charge in [-0.2, -0.15) is 5.26 Å². The van der Waals surface area contributed by atoms with Gasteiger partial charge in [0.05, 0.1) is 11.6 Å². The van der Waals surface area contributed by atoms with Crippen molar-refractivity contribution in [2.45, 2.75) is 12.8 Å². The van der Waals surface area contributed by atoms with E-state index in [0.717, 1.165) is 24.7 Å². The van der Waals surface area contributed by atoms with Crippen molar-refractivity contribution in [1.82, 2.24) is 5.32 Å². The van der Waals surface area contributed by atoms with E-state index < -0.39 is 0 Å². The minimum atomic E-state index is 0.713. The molecule has 1 aromatic carbocycles. The lowest BCUT2D eigenvalue weighted by Crippen LogP contribution is -2.12. The predicted octanol–water partition coefficient (Wildman–Crippen LogP) is 1.97. The highest BCUT2D eigenvalue weighted by molar-refractivity contribution is 5.47. The molecular weight excluding hydrogens is 198 g/mol. The van der Waals surface area contributed by atoms with E-state index in [9.17, 15) is 0 Å². The first-order valence-corrected chi connectivity index (χ1v) is 5.83. The van der Waals surface area contributed by atoms with Gasteiger partial charge in [0.1, 0.15) is 0 Å². The molecule has 1 fully saturated rings. The predicted molar refractivity (Wildman–Crippen MR) is 65.2 cm³/mol. The van der Waals surface area contributed by atoms with Gasteiger partial charge >= 0.3 is 0 Å². The van der Waals surface area contributed by atoms with Crippen molar-refractivity contribution in [2.75, 3.05) is 25.0 Å². The summed E-state index contributed by atoms with van der Waals surface area (Å²) in [7, 11) is 0. The molecule has 0 radical (unpaired) electrons. The van der Waals surface area contributed by atoms with Gasteiger partial charge in [0.15, 0.2) is 0 Å². The molecule has 0 aliphatic carbocycles. The number of nitrogens with one attached hydrogen (secondary N) is 2. The summed E-state index contributed by atoms with van der Waals surface area (Å²) in [4.78, 5) is 0. The number of nitrogens with zero attached hydrogens (tertiary/aromatic N) is 1. The van der Waals surface area contributed by atoms with Gasteiger partial charge in [0.25, 0.3) is 0 Å². The van der Waals surface area contributed by atoms with Gasteiger partial charge in [-0.15, -0.1) is 0 Å². The van der Waals surface area contributed by atoms with Crippen LogP contribution in [0, 0.1) is 17.2 Å². The summed E-state index contributed by atoms with van der Waals surface area (Å²) >= 11 is 0. The van der Waals surface area contributed by atoms with Gasteiger partial charge in [-0.3, -0.25) is 0 Å². The van der Waals surface area contributed by atoms with E-state index in [1.807, 2.05) is 24.3 Å². The summed E-state index contributed by atoms with van der Waals surface area (Å²) in [5.41, 5.74) is 1.82. The van der Waals surface area contributed by atoms with Crippen molar-refractivity contribution in [3.8, 4) is 6.07 Å². The maximum atomic E-state index is 8.67. The second kappa shape index (κ2) is 5.53. The van der Waals surface area contributed by atoms with E-state index in [0.29, 0.717) is 5.56 Å². The standard InChI is InChI=1S/C13H17N3/c14-9-11-1-3-13(4-2-11)16-8-6-12-5-7-15-10-12/h1-4,12,15-16H,5-8,10H2. The van der Waals surface area contributed by atoms with E-state index in [1.165, 1.54) is 19.4 Å². The molecule has 1 aromatic rings. The highest BCUT2D eigenvalue weighted by Gasteiger charge is 2.13. The number of hydrogen-bond acceptors (Lipinski definition) is 3. The first kappa shape index (κ1) is 11.0. The molecule has 0 amide bonds. The molecular formula is C13H17N3. The van der Waals surface area contributed by atoms with Crippen LogP contribution in [0.5, 0.6) is 0 Å². The van der Waals surface area contributed by atoms with E-state index >= 15 is 0 Å². The van der Waals surface area contributed by atoms with E-state index in [-0.39, 0.29) is 0 Å². The molecule has 2 N–H and O–H groups in total. The van der Waals surface area contributed by atoms with Crippen LogP contribution in [0.4, 0.5) is 5.69 Å². The maximum absolute atomic E-state index is 8.67. The molecule has 1 unspecified atom stereocenters. The van der Waals surface area contributed by atoms with Crippen LogP contribution in [-0.2, 0) is 0 Å². The van der Waals surface area contributed by atoms with E-state index in [1.54, 1.807) is 0 Å². The number of rotatable bonds is 4. The van der Waals surface area contributed by atoms with Gasteiger partial charge in [0.2, 0.25) is 0 Å². The summed E-state index contributed by atoms with van der Waals surface area (Å²) in [5, 5.41) is 15.4. The Morgan fingerprint density at radius 3 is 2.81 bits per heavy atom. The molecule has 1 atom stereocenters. The third-order valence-electron chi connectivity index (χ3n) is 3.06. The molecule has 1 aliphatic rings. The van der Waals surface area contributed by atoms with Crippen LogP contribution in [0.15, 0.2) is 24.3 Å². The van der Waals surface area contributed by atoms with Gasteiger partial charge in [-0.25, -0.2) is 0 Å². The van der Waals surface area contributed by atoms with Gasteiger partial charge in [-0.05, 0) is 56.1 Å². The zero-order chi connectivity index (χ0) is 11.2. The van der Waals surface area contributed by atoms with E-state index in [2.05, 4.69) is 16.7 Å². The van der Waals surface area contributed by atoms with Crippen LogP contribution in [0.25, 0.3) is 0 Å². The summed E-state index contributed by atoms with van der Waals surface area (Å²) in [5.74, 6) is 0.825. The molecule has 1 saturated heterocycles. The van der Waals surface area contributed by atoms with Crippen LogP contribution < -0.4 is 10.6 Å². The molecule has 3 nitrogen and oxygen atoms in total. The first-order chi connectivity index (χ1) is 7.88. The smallest absolute Gasteiger partial charge is 0.0991 e. The fraction of sp³-hybridized carbons (Fsp3) is 0.462. The SMILES string of the molecule is N#Cc1ccc(NCCC2CCNC2)cc1. The van der Waals surface area contributed by atoms with Crippen molar-refractivity contribution < 1.29 is 0 Å². The average Bonchev–Trinajstić information content (AvgIpc) is 2.83. The molecule has 1 aliphatic heterocycles. The van der Waals surface area contributed by atoms with Gasteiger partial charge in [-0.1, -0.05) is 0 Å². The van der Waals surface area contributed by atoms with Crippen LogP contribution >= 0.6 is 0 Å². The number of hydrogen-bond donors (Lipinski definition) is 2. The summed E-state index contributed by atoms with van der Waals surface area (Å²) < 4.78 is 0. The van der Waals surface area contributed by atoms with Crippen molar-refractivity contribution in [3.05, 3.63) is 29.8 Å². The quantitative estimate of drug-likeness (QED) is 0.807. The average molecular weight is 215 g/mol. The van der Waals surface area contributed by atoms with Crippen LogP contribution in [-0.4, -0.2) is 19.6 Å². The third kappa shape index (κ3) is 2.98. The fourth-order valence-electron chi connectivity index (χ4n) is 2.04. The van der Waals surface area contributed by atoms with Crippen molar-refractivity contribution in [1.29, 1.82) is 5.26 Å². The van der Waals surface area contributed by atoms with Crippen LogP contribution in [0.1, 0.15) is 18.4 Å². The minimum Gasteiger partial charge on any atom is -0.385 e. The molecule has 2 rings (SSSR count). The molecule has 16 heavy (non-hydrogen) atoms. The Balaban J connectivity index is 1.74. The fourth-order valence-corrected chi connectivity index (χ4v) is 2.04. The number of anilines is 1. The topological polar surface area (TPSA) is 47.9 Å². The Bertz CT molecular complexity index is 358. The third-order valence-corrected chi connectivity index (χ3v) is 3.06. The highest BCUT2D eigenvalue weighted by atomic mass is 14.9. The Morgan fingerprint density at radius 1 is 1.38 bits per heavy atom. The largest absolute Gasteiger partial charge is 0.385 e. The van der Waals surface area contributed by atoms with Crippen molar-refractivity contribution >= 4 is 5.69 Å². The van der Waals surface area contributed by atoms with E-state index in [4.69, 9.17) is 5.26 Å². The van der Waals surface area contributed by atoms with Gasteiger partial charge in [0, 0.05) is 12.2 Å². The molecule has 3 heteroatoms. The zero-order valence-electron chi connectivity index (χ0n) is 9.37. The molecule has 84 valence electrons. The monoisotopic (exact) mass is 215 g/mol. The lowest BCUT2D eigenvalue weighted by Gasteiger charge is -2.10. The van der Waals surface area contributed by atoms with Crippen LogP contribution in [0.2, 0.25) is 0 Å². The Hall–Kier alpha value is -1.53. The molecule has 0 saturated carbocycles. The Labute approximate surface area is 96.5 Å². The minimum absolute atomic E-state index is 0.713. The summed E-state index contributed by atoms with van der Waals surface area (Å²) in [6, 6.07) is 9.74. The lowest BCUT2D eigenvalue weighted by atomic mass is 10.1. The molecule has 1 heterocycles. The lowest BCUT2D eigenvalue weighted by molar-refractivity contribution is 0.549. The number of benzene rings is 1. The van der Waals surface area contributed by atoms with Crippen molar-refractivity contribution in [2.24, 2.45) is 5.92 Å².